The molecule has 0 bridgehead atoms. The Kier molecular flexibility index (Phi) is 6.00. The van der Waals surface area contributed by atoms with Crippen molar-refractivity contribution in [1.29, 1.82) is 0 Å². The van der Waals surface area contributed by atoms with Crippen LogP contribution in [0.15, 0.2) is 42.5 Å². The normalized spacial score (nSPS) is 10.6. The quantitative estimate of drug-likeness (QED) is 0.315. The van der Waals surface area contributed by atoms with Crippen LogP contribution in [0, 0.1) is 0 Å². The van der Waals surface area contributed by atoms with Gasteiger partial charge in [-0.3, -0.25) is 0 Å². The van der Waals surface area contributed by atoms with E-state index in [0.29, 0.717) is 5.75 Å². The number of para-hydroxylation sites is 1. The van der Waals surface area contributed by atoms with Gasteiger partial charge in [-0.25, -0.2) is 4.79 Å². The Labute approximate surface area is 96.9 Å². The Hall–Kier alpha value is -1.57. The average molecular weight is 218 g/mol. The zero-order chi connectivity index (χ0) is 11.6. The van der Waals surface area contributed by atoms with Gasteiger partial charge in [0, 0.05) is 6.08 Å². The molecule has 0 aliphatic heterocycles. The monoisotopic (exact) mass is 218 g/mol. The van der Waals surface area contributed by atoms with Crippen LogP contribution >= 0.6 is 0 Å². The van der Waals surface area contributed by atoms with Gasteiger partial charge < -0.3 is 4.74 Å². The molecule has 0 aliphatic carbocycles. The number of carbonyl (C=O) groups excluding carboxylic acids is 1. The zero-order valence-electron chi connectivity index (χ0n) is 9.69. The standard InChI is InChI=1S/C14H18O2/c1-2-3-4-5-9-12-14(15)16-13-10-7-6-8-11-13/h6-12H,2-5H2,1H3/b12-9+. The number of rotatable bonds is 6. The maximum Gasteiger partial charge on any atom is 0.335 e. The number of benzene rings is 1. The number of unbranched alkanes of at least 4 members (excludes halogenated alkanes) is 3. The molecule has 0 saturated heterocycles. The van der Waals surface area contributed by atoms with E-state index in [0.717, 1.165) is 12.8 Å². The van der Waals surface area contributed by atoms with Crippen molar-refractivity contribution in [1.82, 2.24) is 0 Å². The third kappa shape index (κ3) is 5.35. The Morgan fingerprint density at radius 2 is 2.00 bits per heavy atom. The Morgan fingerprint density at radius 1 is 1.25 bits per heavy atom. The molecule has 0 spiro atoms. The maximum absolute atomic E-state index is 11.3. The molecule has 86 valence electrons. The van der Waals surface area contributed by atoms with E-state index in [1.165, 1.54) is 18.9 Å². The fraction of sp³-hybridized carbons (Fsp3) is 0.357. The lowest BCUT2D eigenvalue weighted by Gasteiger charge is -1.99. The van der Waals surface area contributed by atoms with Crippen LogP contribution in [0.2, 0.25) is 0 Å². The minimum atomic E-state index is -0.303. The second-order valence-corrected chi connectivity index (χ2v) is 3.63. The van der Waals surface area contributed by atoms with Gasteiger partial charge in [0.15, 0.2) is 0 Å². The molecule has 0 saturated carbocycles. The van der Waals surface area contributed by atoms with Gasteiger partial charge in [0.1, 0.15) is 5.75 Å². The number of allylic oxidation sites excluding steroid dienone is 1. The van der Waals surface area contributed by atoms with Crippen molar-refractivity contribution < 1.29 is 9.53 Å². The first-order valence-corrected chi connectivity index (χ1v) is 5.76. The summed E-state index contributed by atoms with van der Waals surface area (Å²) in [6.07, 6.45) is 7.85. The van der Waals surface area contributed by atoms with Crippen LogP contribution in [0.5, 0.6) is 5.75 Å². The summed E-state index contributed by atoms with van der Waals surface area (Å²) in [4.78, 5) is 11.3. The number of carbonyl (C=O) groups is 1. The summed E-state index contributed by atoms with van der Waals surface area (Å²) in [6, 6.07) is 9.10. The minimum absolute atomic E-state index is 0.303. The van der Waals surface area contributed by atoms with Gasteiger partial charge in [0.05, 0.1) is 0 Å². The van der Waals surface area contributed by atoms with Crippen molar-refractivity contribution >= 4 is 5.97 Å². The molecule has 1 aromatic rings. The smallest absolute Gasteiger partial charge is 0.335 e. The second kappa shape index (κ2) is 7.69. The van der Waals surface area contributed by atoms with Crippen LogP contribution in [0.3, 0.4) is 0 Å². The zero-order valence-corrected chi connectivity index (χ0v) is 9.69. The summed E-state index contributed by atoms with van der Waals surface area (Å²) >= 11 is 0. The molecule has 1 rings (SSSR count). The Balaban J connectivity index is 2.25. The summed E-state index contributed by atoms with van der Waals surface area (Å²) < 4.78 is 5.10. The largest absolute Gasteiger partial charge is 0.423 e. The van der Waals surface area contributed by atoms with Crippen LogP contribution in [0.25, 0.3) is 0 Å². The Morgan fingerprint density at radius 3 is 2.69 bits per heavy atom. The van der Waals surface area contributed by atoms with E-state index >= 15 is 0 Å². The predicted octanol–water partition coefficient (Wildman–Crippen LogP) is 3.73. The highest BCUT2D eigenvalue weighted by Crippen LogP contribution is 2.08. The lowest BCUT2D eigenvalue weighted by atomic mass is 10.2. The maximum atomic E-state index is 11.3. The van der Waals surface area contributed by atoms with Crippen molar-refractivity contribution in [2.45, 2.75) is 32.6 Å². The first kappa shape index (κ1) is 12.5. The molecule has 0 N–H and O–H groups in total. The van der Waals surface area contributed by atoms with Crippen molar-refractivity contribution in [3.05, 3.63) is 42.5 Å². The topological polar surface area (TPSA) is 26.3 Å². The van der Waals surface area contributed by atoms with Crippen LogP contribution in [0.1, 0.15) is 32.6 Å². The average Bonchev–Trinajstić information content (AvgIpc) is 2.30. The van der Waals surface area contributed by atoms with Crippen molar-refractivity contribution in [2.24, 2.45) is 0 Å². The van der Waals surface area contributed by atoms with E-state index in [9.17, 15) is 4.79 Å². The fourth-order valence-electron chi connectivity index (χ4n) is 1.33. The number of hydrogen-bond donors (Lipinski definition) is 0. The number of esters is 1. The van der Waals surface area contributed by atoms with Gasteiger partial charge in [-0.15, -0.1) is 0 Å². The summed E-state index contributed by atoms with van der Waals surface area (Å²) in [6.45, 7) is 2.16. The molecule has 0 atom stereocenters. The molecule has 0 fully saturated rings. The van der Waals surface area contributed by atoms with Crippen LogP contribution in [-0.2, 0) is 4.79 Å². The van der Waals surface area contributed by atoms with Gasteiger partial charge >= 0.3 is 5.97 Å². The molecule has 1 aromatic carbocycles. The van der Waals surface area contributed by atoms with Gasteiger partial charge in [-0.2, -0.15) is 0 Å². The fourth-order valence-corrected chi connectivity index (χ4v) is 1.33. The van der Waals surface area contributed by atoms with Crippen LogP contribution < -0.4 is 4.74 Å². The SMILES string of the molecule is CCCCC/C=C/C(=O)Oc1ccccc1. The third-order valence-electron chi connectivity index (χ3n) is 2.19. The molecule has 0 aromatic heterocycles. The van der Waals surface area contributed by atoms with Gasteiger partial charge in [-0.05, 0) is 25.0 Å². The van der Waals surface area contributed by atoms with Gasteiger partial charge in [0.2, 0.25) is 0 Å². The summed E-state index contributed by atoms with van der Waals surface area (Å²) in [5, 5.41) is 0. The van der Waals surface area contributed by atoms with Crippen molar-refractivity contribution in [2.75, 3.05) is 0 Å². The first-order chi connectivity index (χ1) is 7.83. The van der Waals surface area contributed by atoms with Gasteiger partial charge in [-0.1, -0.05) is 44.0 Å². The molecule has 0 radical (unpaired) electrons. The van der Waals surface area contributed by atoms with Crippen LogP contribution in [-0.4, -0.2) is 5.97 Å². The van der Waals surface area contributed by atoms with E-state index < -0.39 is 0 Å². The molecular weight excluding hydrogens is 200 g/mol. The van der Waals surface area contributed by atoms with E-state index in [2.05, 4.69) is 6.92 Å². The molecule has 2 heteroatoms. The molecule has 0 heterocycles. The second-order valence-electron chi connectivity index (χ2n) is 3.63. The highest BCUT2D eigenvalue weighted by atomic mass is 16.5. The van der Waals surface area contributed by atoms with E-state index in [-0.39, 0.29) is 5.97 Å². The molecule has 0 unspecified atom stereocenters. The molecule has 0 amide bonds. The first-order valence-electron chi connectivity index (χ1n) is 5.76. The van der Waals surface area contributed by atoms with E-state index in [4.69, 9.17) is 4.74 Å². The van der Waals surface area contributed by atoms with E-state index in [1.807, 2.05) is 24.3 Å². The molecular formula is C14H18O2. The number of hydrogen-bond acceptors (Lipinski definition) is 2. The summed E-state index contributed by atoms with van der Waals surface area (Å²) in [5.41, 5.74) is 0. The van der Waals surface area contributed by atoms with E-state index in [1.54, 1.807) is 12.1 Å². The predicted molar refractivity (Wildman–Crippen MR) is 65.4 cm³/mol. The molecule has 0 aliphatic rings. The number of ether oxygens (including phenoxy) is 1. The minimum Gasteiger partial charge on any atom is -0.423 e. The highest BCUT2D eigenvalue weighted by Gasteiger charge is 1.97. The highest BCUT2D eigenvalue weighted by molar-refractivity contribution is 5.83. The van der Waals surface area contributed by atoms with Gasteiger partial charge in [0.25, 0.3) is 0 Å². The lowest BCUT2D eigenvalue weighted by Crippen LogP contribution is -2.03. The van der Waals surface area contributed by atoms with Crippen molar-refractivity contribution in [3.8, 4) is 5.75 Å². The molecule has 16 heavy (non-hydrogen) atoms. The molecule has 2 nitrogen and oxygen atoms in total. The lowest BCUT2D eigenvalue weighted by molar-refractivity contribution is -0.129. The summed E-state index contributed by atoms with van der Waals surface area (Å²) in [5.74, 6) is 0.286. The summed E-state index contributed by atoms with van der Waals surface area (Å²) in [7, 11) is 0. The van der Waals surface area contributed by atoms with Crippen LogP contribution in [0.4, 0.5) is 0 Å². The third-order valence-corrected chi connectivity index (χ3v) is 2.19. The van der Waals surface area contributed by atoms with Crippen molar-refractivity contribution in [3.63, 3.8) is 0 Å². The Bertz CT molecular complexity index is 328.